The summed E-state index contributed by atoms with van der Waals surface area (Å²) in [5.41, 5.74) is 0.806. The number of ether oxygens (including phenoxy) is 1. The molecule has 1 aromatic carbocycles. The molecule has 4 rings (SSSR count). The first-order chi connectivity index (χ1) is 13.1. The molecule has 1 aromatic heterocycles. The van der Waals surface area contributed by atoms with Gasteiger partial charge < -0.3 is 14.1 Å². The molecule has 1 amide bonds. The zero-order valence-corrected chi connectivity index (χ0v) is 16.1. The fourth-order valence-electron chi connectivity index (χ4n) is 3.60. The maximum atomic E-state index is 12.5. The Labute approximate surface area is 163 Å². The highest BCUT2D eigenvalue weighted by Crippen LogP contribution is 2.26. The topological polar surface area (TPSA) is 71.7 Å². The quantitative estimate of drug-likeness (QED) is 0.799. The van der Waals surface area contributed by atoms with Crippen molar-refractivity contribution in [3.05, 3.63) is 35.2 Å². The smallest absolute Gasteiger partial charge is 0.251 e. The molecule has 27 heavy (non-hydrogen) atoms. The first-order valence-electron chi connectivity index (χ1n) is 9.35. The number of hydrogen-bond donors (Lipinski definition) is 0. The molecule has 0 aliphatic carbocycles. The molecule has 2 fully saturated rings. The summed E-state index contributed by atoms with van der Waals surface area (Å²) < 4.78 is 11.4. The summed E-state index contributed by atoms with van der Waals surface area (Å²) in [7, 11) is 0. The van der Waals surface area contributed by atoms with Crippen LogP contribution in [0.1, 0.15) is 31.7 Å². The molecular weight excluding hydrogens is 368 g/mol. The van der Waals surface area contributed by atoms with Crippen LogP contribution in [-0.2, 0) is 9.53 Å². The Morgan fingerprint density at radius 2 is 2.07 bits per heavy atom. The van der Waals surface area contributed by atoms with Crippen LogP contribution in [0.15, 0.2) is 28.7 Å². The first-order valence-corrected chi connectivity index (χ1v) is 9.73. The molecule has 3 heterocycles. The number of benzene rings is 1. The van der Waals surface area contributed by atoms with Crippen molar-refractivity contribution in [1.29, 1.82) is 0 Å². The van der Waals surface area contributed by atoms with Gasteiger partial charge in [0.25, 0.3) is 5.91 Å². The predicted molar refractivity (Wildman–Crippen MR) is 100 cm³/mol. The number of hydrogen-bond acceptors (Lipinski definition) is 6. The average Bonchev–Trinajstić information content (AvgIpc) is 3.39. The largest absolute Gasteiger partial charge is 0.419 e. The molecule has 2 aliphatic rings. The molecule has 0 bridgehead atoms. The normalized spacial score (nSPS) is 22.1. The fraction of sp³-hybridized carbons (Fsp3) is 0.526. The van der Waals surface area contributed by atoms with Crippen LogP contribution in [0.25, 0.3) is 11.5 Å². The van der Waals surface area contributed by atoms with Crippen molar-refractivity contribution in [1.82, 2.24) is 20.0 Å². The van der Waals surface area contributed by atoms with Crippen LogP contribution >= 0.6 is 11.6 Å². The average molecular weight is 391 g/mol. The van der Waals surface area contributed by atoms with Gasteiger partial charge in [0.1, 0.15) is 6.10 Å². The Morgan fingerprint density at radius 1 is 1.26 bits per heavy atom. The molecular formula is C19H23ClN4O3. The van der Waals surface area contributed by atoms with Gasteiger partial charge in [0.2, 0.25) is 11.8 Å². The maximum Gasteiger partial charge on any atom is 0.251 e. The third-order valence-corrected chi connectivity index (χ3v) is 5.48. The van der Waals surface area contributed by atoms with E-state index in [0.29, 0.717) is 36.5 Å². The van der Waals surface area contributed by atoms with E-state index in [-0.39, 0.29) is 18.1 Å². The van der Waals surface area contributed by atoms with Gasteiger partial charge in [0.05, 0.1) is 6.04 Å². The maximum absolute atomic E-state index is 12.5. The number of carbonyl (C=O) groups is 1. The van der Waals surface area contributed by atoms with E-state index in [2.05, 4.69) is 15.1 Å². The lowest BCUT2D eigenvalue weighted by Gasteiger charge is -2.37. The lowest BCUT2D eigenvalue weighted by molar-refractivity contribution is -0.143. The number of amides is 1. The molecule has 2 saturated heterocycles. The third kappa shape index (κ3) is 4.00. The van der Waals surface area contributed by atoms with Gasteiger partial charge in [-0.25, -0.2) is 0 Å². The van der Waals surface area contributed by atoms with Crippen molar-refractivity contribution < 1.29 is 13.9 Å². The number of halogens is 1. The molecule has 0 spiro atoms. The number of rotatable bonds is 4. The second kappa shape index (κ2) is 7.96. The monoisotopic (exact) mass is 390 g/mol. The van der Waals surface area contributed by atoms with Crippen molar-refractivity contribution >= 4 is 17.5 Å². The van der Waals surface area contributed by atoms with Gasteiger partial charge in [-0.1, -0.05) is 17.7 Å². The van der Waals surface area contributed by atoms with Gasteiger partial charge in [0.15, 0.2) is 0 Å². The molecule has 2 unspecified atom stereocenters. The molecule has 0 saturated carbocycles. The van der Waals surface area contributed by atoms with Crippen LogP contribution in [0.2, 0.25) is 5.02 Å². The Kier molecular flexibility index (Phi) is 5.43. The molecule has 7 nitrogen and oxygen atoms in total. The van der Waals surface area contributed by atoms with Gasteiger partial charge >= 0.3 is 0 Å². The van der Waals surface area contributed by atoms with Gasteiger partial charge in [-0.3, -0.25) is 9.69 Å². The van der Waals surface area contributed by atoms with Crippen LogP contribution < -0.4 is 0 Å². The van der Waals surface area contributed by atoms with E-state index in [0.717, 1.165) is 31.5 Å². The highest BCUT2D eigenvalue weighted by atomic mass is 35.5. The van der Waals surface area contributed by atoms with Crippen molar-refractivity contribution in [2.24, 2.45) is 0 Å². The summed E-state index contributed by atoms with van der Waals surface area (Å²) in [4.78, 5) is 16.6. The van der Waals surface area contributed by atoms with Crippen LogP contribution in [0.5, 0.6) is 0 Å². The van der Waals surface area contributed by atoms with E-state index < -0.39 is 0 Å². The second-order valence-corrected chi connectivity index (χ2v) is 7.43. The van der Waals surface area contributed by atoms with Crippen molar-refractivity contribution in [2.45, 2.75) is 31.9 Å². The zero-order chi connectivity index (χ0) is 18.8. The van der Waals surface area contributed by atoms with E-state index in [1.165, 1.54) is 0 Å². The standard InChI is InChI=1S/C19H23ClN4O3/c1-13(17-21-22-18(27-17)14-4-2-5-15(20)12-14)23-7-9-24(10-8-23)19(25)16-6-3-11-26-16/h2,4-5,12-13,16H,3,6-11H2,1H3. The van der Waals surface area contributed by atoms with Crippen LogP contribution in [0.4, 0.5) is 0 Å². The van der Waals surface area contributed by atoms with Crippen molar-refractivity contribution in [2.75, 3.05) is 32.8 Å². The lowest BCUT2D eigenvalue weighted by atomic mass is 10.2. The van der Waals surface area contributed by atoms with Gasteiger partial charge in [-0.05, 0) is 38.0 Å². The molecule has 144 valence electrons. The zero-order valence-electron chi connectivity index (χ0n) is 15.3. The number of piperazine rings is 1. The van der Waals surface area contributed by atoms with Crippen LogP contribution in [-0.4, -0.2) is 64.8 Å². The van der Waals surface area contributed by atoms with Gasteiger partial charge in [-0.15, -0.1) is 10.2 Å². The predicted octanol–water partition coefficient (Wildman–Crippen LogP) is 2.77. The Bertz CT molecular complexity index is 798. The number of carbonyl (C=O) groups excluding carboxylic acids is 1. The minimum atomic E-state index is -0.245. The molecule has 8 heteroatoms. The Hall–Kier alpha value is -1.96. The number of aromatic nitrogens is 2. The molecule has 2 aromatic rings. The van der Waals surface area contributed by atoms with Crippen LogP contribution in [0.3, 0.4) is 0 Å². The Balaban J connectivity index is 1.37. The van der Waals surface area contributed by atoms with E-state index >= 15 is 0 Å². The van der Waals surface area contributed by atoms with E-state index in [9.17, 15) is 4.79 Å². The summed E-state index contributed by atoms with van der Waals surface area (Å²) in [5, 5.41) is 9.00. The summed E-state index contributed by atoms with van der Waals surface area (Å²) in [6, 6.07) is 7.35. The van der Waals surface area contributed by atoms with Crippen molar-refractivity contribution in [3.8, 4) is 11.5 Å². The SMILES string of the molecule is CC(c1nnc(-c2cccc(Cl)c2)o1)N1CCN(C(=O)C2CCCO2)CC1. The highest BCUT2D eigenvalue weighted by molar-refractivity contribution is 6.30. The summed E-state index contributed by atoms with van der Waals surface area (Å²) in [6.07, 6.45) is 1.56. The minimum Gasteiger partial charge on any atom is -0.419 e. The lowest BCUT2D eigenvalue weighted by Crippen LogP contribution is -2.51. The number of nitrogens with zero attached hydrogens (tertiary/aromatic N) is 4. The molecule has 2 aliphatic heterocycles. The summed E-state index contributed by atoms with van der Waals surface area (Å²) in [6.45, 7) is 5.67. The third-order valence-electron chi connectivity index (χ3n) is 5.25. The van der Waals surface area contributed by atoms with E-state index in [1.54, 1.807) is 6.07 Å². The minimum absolute atomic E-state index is 0.00887. The van der Waals surface area contributed by atoms with Crippen LogP contribution in [0, 0.1) is 0 Å². The Morgan fingerprint density at radius 3 is 2.78 bits per heavy atom. The highest BCUT2D eigenvalue weighted by Gasteiger charge is 2.32. The molecule has 0 radical (unpaired) electrons. The van der Waals surface area contributed by atoms with Gasteiger partial charge in [0, 0.05) is 43.4 Å². The fourth-order valence-corrected chi connectivity index (χ4v) is 3.79. The van der Waals surface area contributed by atoms with Crippen molar-refractivity contribution in [3.63, 3.8) is 0 Å². The van der Waals surface area contributed by atoms with Gasteiger partial charge in [-0.2, -0.15) is 0 Å². The first kappa shape index (κ1) is 18.4. The van der Waals surface area contributed by atoms with E-state index in [4.69, 9.17) is 20.8 Å². The van der Waals surface area contributed by atoms with E-state index in [1.807, 2.05) is 30.0 Å². The summed E-state index contributed by atoms with van der Waals surface area (Å²) in [5.74, 6) is 1.16. The summed E-state index contributed by atoms with van der Waals surface area (Å²) >= 11 is 6.03. The molecule has 2 atom stereocenters. The second-order valence-electron chi connectivity index (χ2n) is 6.99. The molecule has 0 N–H and O–H groups in total.